The van der Waals surface area contributed by atoms with Gasteiger partial charge in [-0.05, 0) is 18.6 Å². The molecule has 0 aliphatic rings. The van der Waals surface area contributed by atoms with Crippen molar-refractivity contribution < 1.29 is 0 Å². The summed E-state index contributed by atoms with van der Waals surface area (Å²) in [5, 5.41) is 15.1. The van der Waals surface area contributed by atoms with Crippen LogP contribution in [-0.2, 0) is 6.54 Å². The summed E-state index contributed by atoms with van der Waals surface area (Å²) in [6, 6.07) is 16.3. The van der Waals surface area contributed by atoms with E-state index in [2.05, 4.69) is 60.4 Å². The zero-order valence-electron chi connectivity index (χ0n) is 15.4. The van der Waals surface area contributed by atoms with Gasteiger partial charge in [-0.15, -0.1) is 10.2 Å². The van der Waals surface area contributed by atoms with Crippen molar-refractivity contribution in [3.05, 3.63) is 60.3 Å². The van der Waals surface area contributed by atoms with Gasteiger partial charge in [-0.2, -0.15) is 10.1 Å². The number of aromatic amines is 1. The summed E-state index contributed by atoms with van der Waals surface area (Å²) >= 11 is 0. The summed E-state index contributed by atoms with van der Waals surface area (Å²) in [7, 11) is 0. The fourth-order valence-corrected chi connectivity index (χ4v) is 3.56. The molecule has 0 amide bonds. The predicted octanol–water partition coefficient (Wildman–Crippen LogP) is 4.32. The van der Waals surface area contributed by atoms with Crippen molar-refractivity contribution in [2.75, 3.05) is 5.43 Å². The van der Waals surface area contributed by atoms with Crippen LogP contribution in [-0.4, -0.2) is 30.9 Å². The Morgan fingerprint density at radius 1 is 1.07 bits per heavy atom. The Morgan fingerprint density at radius 3 is 2.79 bits per heavy atom. The molecule has 7 nitrogen and oxygen atoms in total. The van der Waals surface area contributed by atoms with Crippen molar-refractivity contribution in [2.24, 2.45) is 5.10 Å². The molecule has 0 atom stereocenters. The van der Waals surface area contributed by atoms with Crippen LogP contribution in [0.25, 0.3) is 33.0 Å². The molecule has 7 heteroatoms. The largest absolute Gasteiger partial charge is 0.361 e. The average Bonchev–Trinajstić information content (AvgIpc) is 3.28. The first-order valence-electron chi connectivity index (χ1n) is 9.32. The van der Waals surface area contributed by atoms with Crippen molar-refractivity contribution in [1.82, 2.24) is 24.7 Å². The molecule has 3 heterocycles. The van der Waals surface area contributed by atoms with Crippen LogP contribution < -0.4 is 5.43 Å². The molecule has 0 spiro atoms. The number of nitrogens with zero attached hydrogens (tertiary/aromatic N) is 5. The van der Waals surface area contributed by atoms with E-state index in [1.54, 1.807) is 6.21 Å². The Bertz CT molecular complexity index is 1310. The van der Waals surface area contributed by atoms with Gasteiger partial charge in [0.25, 0.3) is 5.95 Å². The standard InChI is InChI=1S/C21H19N7/c1-2-11-28-18-10-6-4-8-16(18)19-20(28)24-21(27-25-19)26-23-13-14-12-22-17-9-5-3-7-15(14)17/h3-10,12-13,22H,2,11H2,1H3,(H,24,26,27)/b23-13+. The minimum absolute atomic E-state index is 0.378. The van der Waals surface area contributed by atoms with Gasteiger partial charge in [0.1, 0.15) is 5.52 Å². The number of rotatable bonds is 5. The lowest BCUT2D eigenvalue weighted by molar-refractivity contribution is 0.716. The maximum absolute atomic E-state index is 4.67. The number of aryl methyl sites for hydroxylation is 1. The lowest BCUT2D eigenvalue weighted by atomic mass is 10.2. The van der Waals surface area contributed by atoms with Crippen LogP contribution in [0.2, 0.25) is 0 Å². The number of hydrogen-bond donors (Lipinski definition) is 2. The normalized spacial score (nSPS) is 11.9. The summed E-state index contributed by atoms with van der Waals surface area (Å²) < 4.78 is 2.19. The summed E-state index contributed by atoms with van der Waals surface area (Å²) in [5.41, 5.74) is 7.75. The minimum Gasteiger partial charge on any atom is -0.361 e. The predicted molar refractivity (Wildman–Crippen MR) is 113 cm³/mol. The molecule has 0 radical (unpaired) electrons. The first-order valence-corrected chi connectivity index (χ1v) is 9.32. The summed E-state index contributed by atoms with van der Waals surface area (Å²) in [5.74, 6) is 0.378. The Hall–Kier alpha value is -3.74. The van der Waals surface area contributed by atoms with Gasteiger partial charge < -0.3 is 9.55 Å². The van der Waals surface area contributed by atoms with Crippen molar-refractivity contribution in [1.29, 1.82) is 0 Å². The zero-order valence-corrected chi connectivity index (χ0v) is 15.4. The van der Waals surface area contributed by atoms with Gasteiger partial charge >= 0.3 is 0 Å². The number of nitrogens with one attached hydrogen (secondary N) is 2. The first kappa shape index (κ1) is 16.4. The molecule has 2 aromatic carbocycles. The Kier molecular flexibility index (Phi) is 3.97. The molecule has 0 fully saturated rings. The molecular weight excluding hydrogens is 350 g/mol. The highest BCUT2D eigenvalue weighted by molar-refractivity contribution is 6.04. The second-order valence-corrected chi connectivity index (χ2v) is 6.64. The number of hydrazone groups is 1. The van der Waals surface area contributed by atoms with Crippen LogP contribution in [0.15, 0.2) is 59.8 Å². The molecule has 0 aliphatic heterocycles. The molecular formula is C21H19N7. The van der Waals surface area contributed by atoms with E-state index >= 15 is 0 Å². The van der Waals surface area contributed by atoms with Gasteiger partial charge in [0, 0.05) is 34.6 Å². The number of fused-ring (bicyclic) bond motifs is 4. The van der Waals surface area contributed by atoms with Crippen LogP contribution in [0.5, 0.6) is 0 Å². The number of para-hydroxylation sites is 2. The van der Waals surface area contributed by atoms with Crippen molar-refractivity contribution >= 4 is 45.1 Å². The molecule has 0 unspecified atom stereocenters. The van der Waals surface area contributed by atoms with Gasteiger partial charge in [-0.3, -0.25) is 0 Å². The number of aromatic nitrogens is 5. The average molecular weight is 369 g/mol. The van der Waals surface area contributed by atoms with Crippen LogP contribution in [0, 0.1) is 0 Å². The summed E-state index contributed by atoms with van der Waals surface area (Å²) in [6.07, 6.45) is 4.70. The highest BCUT2D eigenvalue weighted by atomic mass is 15.4. The van der Waals surface area contributed by atoms with E-state index in [4.69, 9.17) is 0 Å². The topological polar surface area (TPSA) is 83.8 Å². The highest BCUT2D eigenvalue weighted by Crippen LogP contribution is 2.26. The molecule has 0 saturated heterocycles. The van der Waals surface area contributed by atoms with Crippen molar-refractivity contribution in [3.8, 4) is 0 Å². The molecule has 0 saturated carbocycles. The van der Waals surface area contributed by atoms with Gasteiger partial charge in [0.15, 0.2) is 5.65 Å². The van der Waals surface area contributed by atoms with Crippen LogP contribution >= 0.6 is 0 Å². The molecule has 28 heavy (non-hydrogen) atoms. The van der Waals surface area contributed by atoms with Crippen LogP contribution in [0.1, 0.15) is 18.9 Å². The van der Waals surface area contributed by atoms with Crippen molar-refractivity contribution in [2.45, 2.75) is 19.9 Å². The van der Waals surface area contributed by atoms with E-state index in [0.717, 1.165) is 51.5 Å². The maximum atomic E-state index is 4.67. The molecule has 0 bridgehead atoms. The Balaban J connectivity index is 1.49. The van der Waals surface area contributed by atoms with E-state index in [0.29, 0.717) is 5.95 Å². The van der Waals surface area contributed by atoms with Gasteiger partial charge in [-0.1, -0.05) is 43.3 Å². The third-order valence-electron chi connectivity index (χ3n) is 4.81. The third-order valence-corrected chi connectivity index (χ3v) is 4.81. The number of anilines is 1. The summed E-state index contributed by atoms with van der Waals surface area (Å²) in [4.78, 5) is 7.90. The molecule has 5 rings (SSSR count). The fraction of sp³-hybridized carbons (Fsp3) is 0.143. The molecule has 5 aromatic rings. The molecule has 0 aliphatic carbocycles. The van der Waals surface area contributed by atoms with E-state index in [1.165, 1.54) is 0 Å². The SMILES string of the molecule is CCCn1c2ccccc2c2nnc(N/N=C/c3c[nH]c4ccccc34)nc21. The van der Waals surface area contributed by atoms with Gasteiger partial charge in [0.2, 0.25) is 0 Å². The Morgan fingerprint density at radius 2 is 1.89 bits per heavy atom. The quantitative estimate of drug-likeness (QED) is 0.357. The first-order chi connectivity index (χ1) is 13.8. The van der Waals surface area contributed by atoms with Crippen LogP contribution in [0.3, 0.4) is 0 Å². The molecule has 3 aromatic heterocycles. The number of H-pyrrole nitrogens is 1. The maximum Gasteiger partial charge on any atom is 0.265 e. The van der Waals surface area contributed by atoms with Crippen molar-refractivity contribution in [3.63, 3.8) is 0 Å². The third kappa shape index (κ3) is 2.68. The highest BCUT2D eigenvalue weighted by Gasteiger charge is 2.13. The Labute approximate surface area is 161 Å². The lowest BCUT2D eigenvalue weighted by Gasteiger charge is -2.04. The van der Waals surface area contributed by atoms with E-state index in [9.17, 15) is 0 Å². The minimum atomic E-state index is 0.378. The van der Waals surface area contributed by atoms with Gasteiger partial charge in [0.05, 0.1) is 11.7 Å². The monoisotopic (exact) mass is 369 g/mol. The number of benzene rings is 2. The summed E-state index contributed by atoms with van der Waals surface area (Å²) in [6.45, 7) is 3.03. The van der Waals surface area contributed by atoms with E-state index in [-0.39, 0.29) is 0 Å². The van der Waals surface area contributed by atoms with E-state index < -0.39 is 0 Å². The fourth-order valence-electron chi connectivity index (χ4n) is 3.56. The second-order valence-electron chi connectivity index (χ2n) is 6.64. The molecule has 2 N–H and O–H groups in total. The zero-order chi connectivity index (χ0) is 18.9. The van der Waals surface area contributed by atoms with Crippen LogP contribution in [0.4, 0.5) is 5.95 Å². The second kappa shape index (κ2) is 6.77. The lowest BCUT2D eigenvalue weighted by Crippen LogP contribution is -2.03. The van der Waals surface area contributed by atoms with E-state index in [1.807, 2.05) is 36.5 Å². The number of hydrogen-bond acceptors (Lipinski definition) is 5. The smallest absolute Gasteiger partial charge is 0.265 e. The molecule has 138 valence electrons. The van der Waals surface area contributed by atoms with Gasteiger partial charge in [-0.25, -0.2) is 5.43 Å².